The molecule has 0 unspecified atom stereocenters. The van der Waals surface area contributed by atoms with Crippen molar-refractivity contribution in [3.8, 4) is 0 Å². The summed E-state index contributed by atoms with van der Waals surface area (Å²) in [6.45, 7) is 1.45. The molecule has 1 fully saturated rings. The predicted octanol–water partition coefficient (Wildman–Crippen LogP) is 2.31. The summed E-state index contributed by atoms with van der Waals surface area (Å²) in [7, 11) is 1.49. The van der Waals surface area contributed by atoms with Crippen LogP contribution in [0.1, 0.15) is 23.2 Å². The van der Waals surface area contributed by atoms with Crippen LogP contribution in [0.15, 0.2) is 46.7 Å². The van der Waals surface area contributed by atoms with E-state index in [2.05, 4.69) is 4.98 Å². The number of aryl methyl sites for hydroxylation is 1. The Morgan fingerprint density at radius 1 is 1.21 bits per heavy atom. The lowest BCUT2D eigenvalue weighted by Crippen LogP contribution is -2.39. The second-order valence-corrected chi connectivity index (χ2v) is 10.3. The number of benzene rings is 1. The molecule has 2 heterocycles. The van der Waals surface area contributed by atoms with Crippen molar-refractivity contribution in [3.05, 3.63) is 42.2 Å². The van der Waals surface area contributed by atoms with Crippen LogP contribution in [0.4, 0.5) is 0 Å². The minimum absolute atomic E-state index is 0.0380. The van der Waals surface area contributed by atoms with Crippen molar-refractivity contribution in [2.24, 2.45) is 13.0 Å². The Morgan fingerprint density at radius 3 is 2.39 bits per heavy atom. The van der Waals surface area contributed by atoms with E-state index in [1.54, 1.807) is 30.1 Å². The second kappa shape index (κ2) is 8.67. The number of nitrogens with zero attached hydrogens (tertiary/aromatic N) is 4. The van der Waals surface area contributed by atoms with E-state index in [4.69, 9.17) is 0 Å². The number of rotatable bonds is 6. The lowest BCUT2D eigenvalue weighted by Gasteiger charge is -2.32. The van der Waals surface area contributed by atoms with Gasteiger partial charge in [-0.2, -0.15) is 0 Å². The zero-order chi connectivity index (χ0) is 20.3. The molecular weight excluding hydrogens is 396 g/mol. The summed E-state index contributed by atoms with van der Waals surface area (Å²) in [5.74, 6) is 1.53. The van der Waals surface area contributed by atoms with Crippen LogP contribution in [0.25, 0.3) is 0 Å². The monoisotopic (exact) mass is 422 g/mol. The molecule has 28 heavy (non-hydrogen) atoms. The number of amides is 1. The number of thioether (sulfide) groups is 1. The third kappa shape index (κ3) is 4.59. The zero-order valence-electron chi connectivity index (χ0n) is 16.4. The van der Waals surface area contributed by atoms with Gasteiger partial charge in [-0.05, 0) is 43.0 Å². The van der Waals surface area contributed by atoms with Gasteiger partial charge in [-0.15, -0.1) is 0 Å². The molecule has 1 amide bonds. The summed E-state index contributed by atoms with van der Waals surface area (Å²) in [6.07, 6.45) is 5.68. The first kappa shape index (κ1) is 20.9. The quantitative estimate of drug-likeness (QED) is 0.668. The molecule has 1 aliphatic heterocycles. The van der Waals surface area contributed by atoms with Gasteiger partial charge in [0, 0.05) is 57.9 Å². The molecule has 0 radical (unpaired) electrons. The van der Waals surface area contributed by atoms with Crippen molar-refractivity contribution >= 4 is 27.7 Å². The van der Waals surface area contributed by atoms with Gasteiger partial charge in [-0.3, -0.25) is 4.79 Å². The lowest BCUT2D eigenvalue weighted by atomic mass is 9.98. The highest BCUT2D eigenvalue weighted by Crippen LogP contribution is 2.26. The molecule has 2 aromatic rings. The summed E-state index contributed by atoms with van der Waals surface area (Å²) >= 11 is 1.76. The van der Waals surface area contributed by atoms with E-state index in [0.29, 0.717) is 11.5 Å². The van der Waals surface area contributed by atoms with Crippen molar-refractivity contribution in [1.82, 2.24) is 18.8 Å². The first-order chi connectivity index (χ1) is 13.3. The Morgan fingerprint density at radius 2 is 1.86 bits per heavy atom. The molecule has 0 N–H and O–H groups in total. The SMILES string of the molecule is CN(C)S(=O)(=O)c1ccc(C(=O)N2CCC(CSc3nccn3C)CC2)cc1. The molecule has 0 bridgehead atoms. The summed E-state index contributed by atoms with van der Waals surface area (Å²) in [6, 6.07) is 6.20. The van der Waals surface area contributed by atoms with Gasteiger partial charge in [0.1, 0.15) is 0 Å². The number of sulfonamides is 1. The van der Waals surface area contributed by atoms with Crippen LogP contribution in [0, 0.1) is 5.92 Å². The molecule has 0 saturated carbocycles. The number of imidazole rings is 1. The van der Waals surface area contributed by atoms with E-state index in [1.807, 2.05) is 22.7 Å². The van der Waals surface area contributed by atoms with Crippen LogP contribution in [0.2, 0.25) is 0 Å². The van der Waals surface area contributed by atoms with E-state index in [0.717, 1.165) is 41.1 Å². The van der Waals surface area contributed by atoms with Gasteiger partial charge in [-0.25, -0.2) is 17.7 Å². The van der Waals surface area contributed by atoms with E-state index < -0.39 is 10.0 Å². The minimum atomic E-state index is -3.48. The third-order valence-electron chi connectivity index (χ3n) is 5.01. The summed E-state index contributed by atoms with van der Waals surface area (Å²) < 4.78 is 27.5. The van der Waals surface area contributed by atoms with Gasteiger partial charge in [0.2, 0.25) is 10.0 Å². The molecule has 0 aliphatic carbocycles. The number of carbonyl (C=O) groups is 1. The van der Waals surface area contributed by atoms with E-state index in [-0.39, 0.29) is 10.8 Å². The van der Waals surface area contributed by atoms with Gasteiger partial charge in [0.25, 0.3) is 5.91 Å². The summed E-state index contributed by atoms with van der Waals surface area (Å²) in [4.78, 5) is 19.1. The van der Waals surface area contributed by atoms with Gasteiger partial charge in [0.15, 0.2) is 5.16 Å². The maximum absolute atomic E-state index is 12.7. The molecule has 7 nitrogen and oxygen atoms in total. The highest BCUT2D eigenvalue weighted by molar-refractivity contribution is 7.99. The molecule has 9 heteroatoms. The van der Waals surface area contributed by atoms with Crippen molar-refractivity contribution in [2.75, 3.05) is 32.9 Å². The Bertz CT molecular complexity index is 915. The Kier molecular flexibility index (Phi) is 6.47. The Labute approximate surface area is 170 Å². The fourth-order valence-corrected chi connectivity index (χ4v) is 5.17. The standard InChI is InChI=1S/C19H26N4O3S2/c1-21(2)28(25,26)17-6-4-16(5-7-17)18(24)23-11-8-15(9-12-23)14-27-19-20-10-13-22(19)3/h4-7,10,13,15H,8-9,11-12,14H2,1-3H3. The first-order valence-corrected chi connectivity index (χ1v) is 11.6. The van der Waals surface area contributed by atoms with Gasteiger partial charge < -0.3 is 9.47 Å². The van der Waals surface area contributed by atoms with E-state index >= 15 is 0 Å². The molecule has 1 aliphatic rings. The van der Waals surface area contributed by atoms with Crippen LogP contribution < -0.4 is 0 Å². The Balaban J connectivity index is 1.54. The van der Waals surface area contributed by atoms with Crippen LogP contribution in [-0.4, -0.2) is 66.0 Å². The van der Waals surface area contributed by atoms with Gasteiger partial charge in [0.05, 0.1) is 4.90 Å². The molecule has 1 saturated heterocycles. The lowest BCUT2D eigenvalue weighted by molar-refractivity contribution is 0.0698. The summed E-state index contributed by atoms with van der Waals surface area (Å²) in [5.41, 5.74) is 0.526. The van der Waals surface area contributed by atoms with Crippen LogP contribution in [0.5, 0.6) is 0 Å². The number of hydrogen-bond acceptors (Lipinski definition) is 5. The highest BCUT2D eigenvalue weighted by atomic mass is 32.2. The molecule has 0 spiro atoms. The van der Waals surface area contributed by atoms with Gasteiger partial charge >= 0.3 is 0 Å². The zero-order valence-corrected chi connectivity index (χ0v) is 18.0. The number of piperidine rings is 1. The summed E-state index contributed by atoms with van der Waals surface area (Å²) in [5, 5.41) is 1.02. The molecule has 1 aromatic heterocycles. The maximum atomic E-state index is 12.7. The Hall–Kier alpha value is -1.84. The largest absolute Gasteiger partial charge is 0.339 e. The molecule has 0 atom stereocenters. The minimum Gasteiger partial charge on any atom is -0.339 e. The topological polar surface area (TPSA) is 75.5 Å². The average molecular weight is 423 g/mol. The van der Waals surface area contributed by atoms with Crippen molar-refractivity contribution in [2.45, 2.75) is 22.9 Å². The normalized spacial score (nSPS) is 15.9. The third-order valence-corrected chi connectivity index (χ3v) is 8.13. The van der Waals surface area contributed by atoms with E-state index in [9.17, 15) is 13.2 Å². The number of aromatic nitrogens is 2. The number of carbonyl (C=O) groups excluding carboxylic acids is 1. The molecule has 3 rings (SSSR count). The fourth-order valence-electron chi connectivity index (χ4n) is 3.15. The predicted molar refractivity (Wildman–Crippen MR) is 110 cm³/mol. The van der Waals surface area contributed by atoms with Crippen LogP contribution >= 0.6 is 11.8 Å². The highest BCUT2D eigenvalue weighted by Gasteiger charge is 2.25. The van der Waals surface area contributed by atoms with Crippen molar-refractivity contribution in [3.63, 3.8) is 0 Å². The van der Waals surface area contributed by atoms with Crippen molar-refractivity contribution in [1.29, 1.82) is 0 Å². The van der Waals surface area contributed by atoms with E-state index in [1.165, 1.54) is 26.2 Å². The fraction of sp³-hybridized carbons (Fsp3) is 0.474. The molecule has 1 aromatic carbocycles. The maximum Gasteiger partial charge on any atom is 0.253 e. The second-order valence-electron chi connectivity index (χ2n) is 7.18. The van der Waals surface area contributed by atoms with Crippen molar-refractivity contribution < 1.29 is 13.2 Å². The number of likely N-dealkylation sites (tertiary alicyclic amines) is 1. The van der Waals surface area contributed by atoms with Crippen LogP contribution in [0.3, 0.4) is 0 Å². The molecule has 152 valence electrons. The smallest absolute Gasteiger partial charge is 0.253 e. The average Bonchev–Trinajstić information content (AvgIpc) is 3.11. The first-order valence-electron chi connectivity index (χ1n) is 9.21. The number of hydrogen-bond donors (Lipinski definition) is 0. The molecular formula is C19H26N4O3S2. The van der Waals surface area contributed by atoms with Gasteiger partial charge in [-0.1, -0.05) is 11.8 Å². The van der Waals surface area contributed by atoms with Crippen LogP contribution in [-0.2, 0) is 17.1 Å².